The van der Waals surface area contributed by atoms with E-state index in [0.717, 1.165) is 94.5 Å². The normalized spacial score (nSPS) is 11.7. The van der Waals surface area contributed by atoms with Gasteiger partial charge in [-0.25, -0.2) is 9.97 Å². The lowest BCUT2D eigenvalue weighted by Crippen LogP contribution is -1.96. The van der Waals surface area contributed by atoms with Gasteiger partial charge in [-0.3, -0.25) is 0 Å². The predicted molar refractivity (Wildman–Crippen MR) is 223 cm³/mol. The van der Waals surface area contributed by atoms with E-state index in [1.165, 1.54) is 10.8 Å². The second-order valence-corrected chi connectivity index (χ2v) is 13.8. The first-order chi connectivity index (χ1) is 26.7. The summed E-state index contributed by atoms with van der Waals surface area (Å²) in [5, 5.41) is 5.70. The van der Waals surface area contributed by atoms with E-state index in [1.807, 2.05) is 36.4 Å². The zero-order valence-corrected chi connectivity index (χ0v) is 29.1. The molecule has 4 heteroatoms. The molecule has 0 atom stereocenters. The number of rotatable bonds is 5. The van der Waals surface area contributed by atoms with Crippen molar-refractivity contribution >= 4 is 54.6 Å². The molecule has 4 nitrogen and oxygen atoms in total. The third-order valence-corrected chi connectivity index (χ3v) is 10.6. The summed E-state index contributed by atoms with van der Waals surface area (Å²) in [4.78, 5) is 10.2. The molecule has 3 heterocycles. The van der Waals surface area contributed by atoms with Crippen LogP contribution in [0.3, 0.4) is 0 Å². The van der Waals surface area contributed by atoms with E-state index in [-0.39, 0.29) is 0 Å². The van der Waals surface area contributed by atoms with Crippen molar-refractivity contribution in [1.82, 2.24) is 14.5 Å². The molecular weight excluding hydrogens is 659 g/mol. The monoisotopic (exact) mass is 689 g/mol. The van der Waals surface area contributed by atoms with Crippen LogP contribution in [0.4, 0.5) is 0 Å². The lowest BCUT2D eigenvalue weighted by atomic mass is 9.98. The molecule has 0 aliphatic carbocycles. The van der Waals surface area contributed by atoms with Crippen molar-refractivity contribution in [3.8, 4) is 50.6 Å². The van der Waals surface area contributed by atoms with Crippen molar-refractivity contribution in [2.45, 2.75) is 0 Å². The molecule has 0 amide bonds. The van der Waals surface area contributed by atoms with E-state index >= 15 is 0 Å². The van der Waals surface area contributed by atoms with Gasteiger partial charge >= 0.3 is 0 Å². The summed E-state index contributed by atoms with van der Waals surface area (Å²) < 4.78 is 8.64. The Morgan fingerprint density at radius 2 is 0.944 bits per heavy atom. The number of hydrogen-bond acceptors (Lipinski definition) is 3. The maximum Gasteiger partial charge on any atom is 0.160 e. The van der Waals surface area contributed by atoms with Gasteiger partial charge in [-0.2, -0.15) is 0 Å². The largest absolute Gasteiger partial charge is 0.456 e. The number of benzene rings is 8. The second kappa shape index (κ2) is 12.1. The number of para-hydroxylation sites is 2. The van der Waals surface area contributed by atoms with Gasteiger partial charge in [-0.15, -0.1) is 0 Å². The lowest BCUT2D eigenvalue weighted by Gasteiger charge is -2.12. The van der Waals surface area contributed by atoms with Crippen molar-refractivity contribution < 1.29 is 4.42 Å². The minimum atomic E-state index is 0.723. The Kier molecular flexibility index (Phi) is 6.82. The summed E-state index contributed by atoms with van der Waals surface area (Å²) in [5.41, 5.74) is 13.7. The van der Waals surface area contributed by atoms with Gasteiger partial charge in [0.15, 0.2) is 5.82 Å². The highest BCUT2D eigenvalue weighted by atomic mass is 16.3. The van der Waals surface area contributed by atoms with Gasteiger partial charge in [0.1, 0.15) is 11.2 Å². The maximum absolute atomic E-state index is 6.26. The molecule has 0 bridgehead atoms. The summed E-state index contributed by atoms with van der Waals surface area (Å²) in [6.45, 7) is 0. The molecule has 0 saturated heterocycles. The van der Waals surface area contributed by atoms with E-state index < -0.39 is 0 Å². The molecule has 3 aromatic heterocycles. The molecule has 0 unspecified atom stereocenters. The Balaban J connectivity index is 1.08. The third-order valence-electron chi connectivity index (χ3n) is 10.6. The van der Waals surface area contributed by atoms with Crippen molar-refractivity contribution in [1.29, 1.82) is 0 Å². The van der Waals surface area contributed by atoms with Gasteiger partial charge in [0.25, 0.3) is 0 Å². The van der Waals surface area contributed by atoms with Gasteiger partial charge in [-0.05, 0) is 82.9 Å². The molecule has 0 aliphatic rings. The van der Waals surface area contributed by atoms with Gasteiger partial charge in [0.2, 0.25) is 0 Å². The van der Waals surface area contributed by atoms with Gasteiger partial charge < -0.3 is 8.98 Å². The van der Waals surface area contributed by atoms with Gasteiger partial charge in [-0.1, -0.05) is 127 Å². The average Bonchev–Trinajstić information content (AvgIpc) is 3.78. The molecule has 8 aromatic carbocycles. The van der Waals surface area contributed by atoms with Crippen LogP contribution in [0, 0.1) is 0 Å². The predicted octanol–water partition coefficient (Wildman–Crippen LogP) is 13.3. The van der Waals surface area contributed by atoms with Gasteiger partial charge in [0.05, 0.1) is 22.2 Å². The van der Waals surface area contributed by atoms with E-state index in [0.29, 0.717) is 0 Å². The Morgan fingerprint density at radius 1 is 0.352 bits per heavy atom. The average molecular weight is 690 g/mol. The first-order valence-electron chi connectivity index (χ1n) is 18.2. The summed E-state index contributed by atoms with van der Waals surface area (Å²) in [6, 6.07) is 66.2. The standard InChI is InChI=1S/C50H31N3O/c1-4-12-32(13-5-1)49-43-29-34(22-26-44(43)51-50(52-49)33-14-6-2-7-15-33)36-20-24-39-42-28-35(23-27-45(42)53(46(39)30-36)38-16-8-3-9-17-38)37-21-25-41-40-18-10-11-19-47(40)54-48(41)31-37/h1-31H. The molecule has 0 radical (unpaired) electrons. The zero-order chi connectivity index (χ0) is 35.6. The van der Waals surface area contributed by atoms with Crippen molar-refractivity contribution in [2.75, 3.05) is 0 Å². The Morgan fingerprint density at radius 3 is 1.74 bits per heavy atom. The summed E-state index contributed by atoms with van der Waals surface area (Å²) in [5.74, 6) is 0.723. The molecule has 0 saturated carbocycles. The van der Waals surface area contributed by atoms with Crippen molar-refractivity contribution in [3.05, 3.63) is 188 Å². The fraction of sp³-hybridized carbons (Fsp3) is 0. The number of furan rings is 1. The van der Waals surface area contributed by atoms with Crippen LogP contribution in [0.5, 0.6) is 0 Å². The van der Waals surface area contributed by atoms with Crippen molar-refractivity contribution in [3.63, 3.8) is 0 Å². The smallest absolute Gasteiger partial charge is 0.160 e. The molecule has 0 fully saturated rings. The van der Waals surface area contributed by atoms with Gasteiger partial charge in [0, 0.05) is 43.7 Å². The van der Waals surface area contributed by atoms with E-state index in [2.05, 4.69) is 156 Å². The first-order valence-corrected chi connectivity index (χ1v) is 18.2. The van der Waals surface area contributed by atoms with Crippen LogP contribution in [0.15, 0.2) is 192 Å². The lowest BCUT2D eigenvalue weighted by molar-refractivity contribution is 0.669. The zero-order valence-electron chi connectivity index (χ0n) is 29.1. The molecule has 54 heavy (non-hydrogen) atoms. The summed E-state index contributed by atoms with van der Waals surface area (Å²) in [7, 11) is 0. The number of nitrogens with zero attached hydrogens (tertiary/aromatic N) is 3. The molecule has 252 valence electrons. The number of aromatic nitrogens is 3. The number of fused-ring (bicyclic) bond motifs is 7. The van der Waals surface area contributed by atoms with Crippen LogP contribution in [-0.2, 0) is 0 Å². The van der Waals surface area contributed by atoms with E-state index in [4.69, 9.17) is 14.4 Å². The molecule has 11 aromatic rings. The summed E-state index contributed by atoms with van der Waals surface area (Å²) >= 11 is 0. The minimum absolute atomic E-state index is 0.723. The van der Waals surface area contributed by atoms with Crippen LogP contribution in [0.25, 0.3) is 105 Å². The summed E-state index contributed by atoms with van der Waals surface area (Å²) in [6.07, 6.45) is 0. The van der Waals surface area contributed by atoms with Crippen LogP contribution < -0.4 is 0 Å². The Hall–Kier alpha value is -7.30. The topological polar surface area (TPSA) is 43.9 Å². The van der Waals surface area contributed by atoms with E-state index in [1.54, 1.807) is 0 Å². The Bertz CT molecular complexity index is 3200. The van der Waals surface area contributed by atoms with Crippen LogP contribution in [0.2, 0.25) is 0 Å². The molecule has 0 spiro atoms. The van der Waals surface area contributed by atoms with Crippen LogP contribution in [-0.4, -0.2) is 14.5 Å². The highest BCUT2D eigenvalue weighted by molar-refractivity contribution is 6.12. The maximum atomic E-state index is 6.26. The fourth-order valence-electron chi connectivity index (χ4n) is 7.98. The Labute approximate surface area is 311 Å². The van der Waals surface area contributed by atoms with Crippen molar-refractivity contribution in [2.24, 2.45) is 0 Å². The first kappa shape index (κ1) is 30.3. The quantitative estimate of drug-likeness (QED) is 0.181. The minimum Gasteiger partial charge on any atom is -0.456 e. The SMILES string of the molecule is c1ccc(-c2nc(-c3ccccc3)c3cc(-c4ccc5c6cc(-c7ccc8c(c7)oc7ccccc78)ccc6n(-c6ccccc6)c5c4)ccc3n2)cc1. The third kappa shape index (κ3) is 4.92. The van der Waals surface area contributed by atoms with Crippen LogP contribution in [0.1, 0.15) is 0 Å². The van der Waals surface area contributed by atoms with Crippen LogP contribution >= 0.6 is 0 Å². The fourth-order valence-corrected chi connectivity index (χ4v) is 7.98. The number of hydrogen-bond donors (Lipinski definition) is 0. The highest BCUT2D eigenvalue weighted by Crippen LogP contribution is 2.39. The molecular formula is C50H31N3O. The second-order valence-electron chi connectivity index (χ2n) is 13.8. The molecule has 11 rings (SSSR count). The molecule has 0 aliphatic heterocycles. The van der Waals surface area contributed by atoms with E-state index in [9.17, 15) is 0 Å². The molecule has 0 N–H and O–H groups in total. The highest BCUT2D eigenvalue weighted by Gasteiger charge is 2.17.